The molecule has 0 unspecified atom stereocenters. The molecule has 0 spiro atoms. The second kappa shape index (κ2) is 7.77. The number of methoxy groups -OCH3 is 1. The number of hydrogen-bond donors (Lipinski definition) is 2. The maximum atomic E-state index is 5.53. The molecule has 1 aromatic rings. The SMILES string of the molecule is C=CCNC1=CCC(C)=C(c2ccc(C(C)C)nc2OC)[NH+]=C1. The fourth-order valence-electron chi connectivity index (χ4n) is 2.44. The quantitative estimate of drug-likeness (QED) is 0.792. The molecule has 2 rings (SSSR count). The van der Waals surface area contributed by atoms with E-state index in [1.807, 2.05) is 12.3 Å². The zero-order valence-electron chi connectivity index (χ0n) is 14.4. The number of nitrogens with zero attached hydrogens (tertiary/aromatic N) is 1. The highest BCUT2D eigenvalue weighted by molar-refractivity contribution is 5.77. The molecule has 2 heterocycles. The second-order valence-electron chi connectivity index (χ2n) is 5.92. The van der Waals surface area contributed by atoms with Crippen LogP contribution in [0.5, 0.6) is 5.88 Å². The van der Waals surface area contributed by atoms with Gasteiger partial charge in [0.25, 0.3) is 0 Å². The van der Waals surface area contributed by atoms with Gasteiger partial charge < -0.3 is 10.1 Å². The average Bonchev–Trinajstić information content (AvgIpc) is 2.74. The van der Waals surface area contributed by atoms with E-state index in [0.717, 1.165) is 35.6 Å². The second-order valence-corrected chi connectivity index (χ2v) is 5.92. The van der Waals surface area contributed by atoms with Crippen LogP contribution in [0.2, 0.25) is 0 Å². The molecule has 0 fully saturated rings. The van der Waals surface area contributed by atoms with Crippen LogP contribution in [0.3, 0.4) is 0 Å². The van der Waals surface area contributed by atoms with Crippen LogP contribution in [0, 0.1) is 0 Å². The summed E-state index contributed by atoms with van der Waals surface area (Å²) < 4.78 is 5.53. The molecular weight excluding hydrogens is 286 g/mol. The van der Waals surface area contributed by atoms with Gasteiger partial charge in [0.05, 0.1) is 12.8 Å². The van der Waals surface area contributed by atoms with Crippen LogP contribution in [0.15, 0.2) is 42.1 Å². The van der Waals surface area contributed by atoms with Crippen molar-refractivity contribution in [1.29, 1.82) is 0 Å². The lowest BCUT2D eigenvalue weighted by Crippen LogP contribution is -2.66. The summed E-state index contributed by atoms with van der Waals surface area (Å²) >= 11 is 0. The van der Waals surface area contributed by atoms with Crippen LogP contribution in [0.4, 0.5) is 0 Å². The minimum atomic E-state index is 0.373. The van der Waals surface area contributed by atoms with E-state index in [9.17, 15) is 0 Å². The molecule has 1 aliphatic heterocycles. The number of nitrogens with one attached hydrogen (secondary N) is 2. The maximum absolute atomic E-state index is 5.53. The first-order valence-corrected chi connectivity index (χ1v) is 7.96. The molecule has 23 heavy (non-hydrogen) atoms. The number of hydrogen-bond acceptors (Lipinski definition) is 3. The highest BCUT2D eigenvalue weighted by Crippen LogP contribution is 2.26. The Labute approximate surface area is 138 Å². The Balaban J connectivity index is 2.36. The predicted molar refractivity (Wildman–Crippen MR) is 95.4 cm³/mol. The highest BCUT2D eigenvalue weighted by atomic mass is 16.5. The minimum absolute atomic E-state index is 0.373. The number of pyridine rings is 1. The van der Waals surface area contributed by atoms with Gasteiger partial charge in [-0.3, -0.25) is 0 Å². The van der Waals surface area contributed by atoms with Gasteiger partial charge in [-0.15, -0.1) is 6.58 Å². The van der Waals surface area contributed by atoms with Crippen molar-refractivity contribution in [3.63, 3.8) is 0 Å². The molecule has 4 heteroatoms. The molecule has 0 atom stereocenters. The molecule has 0 amide bonds. The van der Waals surface area contributed by atoms with Gasteiger partial charge in [0.15, 0.2) is 6.21 Å². The van der Waals surface area contributed by atoms with Crippen molar-refractivity contribution in [2.45, 2.75) is 33.1 Å². The van der Waals surface area contributed by atoms with Gasteiger partial charge in [-0.2, -0.15) is 0 Å². The lowest BCUT2D eigenvalue weighted by molar-refractivity contribution is -0.337. The molecule has 2 N–H and O–H groups in total. The van der Waals surface area contributed by atoms with Gasteiger partial charge in [-0.1, -0.05) is 26.0 Å². The smallest absolute Gasteiger partial charge is 0.227 e. The van der Waals surface area contributed by atoms with Gasteiger partial charge in [0.1, 0.15) is 5.56 Å². The minimum Gasteiger partial charge on any atom is -0.480 e. The molecule has 0 aliphatic carbocycles. The van der Waals surface area contributed by atoms with Crippen molar-refractivity contribution in [3.05, 3.63) is 53.4 Å². The Kier molecular flexibility index (Phi) is 5.74. The molecule has 0 aromatic carbocycles. The third-order valence-corrected chi connectivity index (χ3v) is 3.81. The van der Waals surface area contributed by atoms with E-state index in [2.05, 4.69) is 60.9 Å². The van der Waals surface area contributed by atoms with Gasteiger partial charge in [-0.05, 0) is 31.4 Å². The monoisotopic (exact) mass is 312 g/mol. The van der Waals surface area contributed by atoms with E-state index in [1.54, 1.807) is 7.11 Å². The first-order chi connectivity index (χ1) is 11.1. The molecule has 4 nitrogen and oxygen atoms in total. The normalized spacial score (nSPS) is 14.6. The first kappa shape index (κ1) is 17.0. The van der Waals surface area contributed by atoms with Crippen molar-refractivity contribution in [2.24, 2.45) is 0 Å². The largest absolute Gasteiger partial charge is 0.480 e. The van der Waals surface area contributed by atoms with Crippen molar-refractivity contribution in [1.82, 2.24) is 10.3 Å². The molecular formula is C19H26N3O+. The molecule has 0 radical (unpaired) electrons. The van der Waals surface area contributed by atoms with E-state index < -0.39 is 0 Å². The molecule has 122 valence electrons. The van der Waals surface area contributed by atoms with Crippen molar-refractivity contribution < 1.29 is 9.73 Å². The number of aromatic nitrogens is 1. The van der Waals surface area contributed by atoms with Crippen molar-refractivity contribution >= 4 is 11.9 Å². The van der Waals surface area contributed by atoms with Crippen molar-refractivity contribution in [3.8, 4) is 5.88 Å². The number of allylic oxidation sites excluding steroid dienone is 3. The lowest BCUT2D eigenvalue weighted by Gasteiger charge is -2.10. The van der Waals surface area contributed by atoms with Crippen LogP contribution in [0.1, 0.15) is 44.4 Å². The third-order valence-electron chi connectivity index (χ3n) is 3.81. The van der Waals surface area contributed by atoms with E-state index >= 15 is 0 Å². The fraction of sp³-hybridized carbons (Fsp3) is 0.368. The zero-order valence-corrected chi connectivity index (χ0v) is 14.4. The van der Waals surface area contributed by atoms with Crippen LogP contribution in [-0.4, -0.2) is 24.9 Å². The van der Waals surface area contributed by atoms with Gasteiger partial charge in [0, 0.05) is 17.8 Å². The Morgan fingerprint density at radius 2 is 2.22 bits per heavy atom. The van der Waals surface area contributed by atoms with Crippen LogP contribution < -0.4 is 15.0 Å². The van der Waals surface area contributed by atoms with Crippen LogP contribution >= 0.6 is 0 Å². The highest BCUT2D eigenvalue weighted by Gasteiger charge is 2.20. The molecule has 1 aromatic heterocycles. The van der Waals surface area contributed by atoms with Crippen LogP contribution in [0.25, 0.3) is 5.70 Å². The Morgan fingerprint density at radius 1 is 1.43 bits per heavy atom. The summed E-state index contributed by atoms with van der Waals surface area (Å²) in [5, 5.41) is 3.31. The van der Waals surface area contributed by atoms with Gasteiger partial charge in [-0.25, -0.2) is 9.98 Å². The molecule has 0 saturated carbocycles. The van der Waals surface area contributed by atoms with E-state index in [4.69, 9.17) is 4.74 Å². The molecule has 0 saturated heterocycles. The van der Waals surface area contributed by atoms with Gasteiger partial charge in [0.2, 0.25) is 11.6 Å². The average molecular weight is 312 g/mol. The summed E-state index contributed by atoms with van der Waals surface area (Å²) in [7, 11) is 1.67. The maximum Gasteiger partial charge on any atom is 0.227 e. The summed E-state index contributed by atoms with van der Waals surface area (Å²) in [5.41, 5.74) is 5.38. The lowest BCUT2D eigenvalue weighted by atomic mass is 10.0. The van der Waals surface area contributed by atoms with Crippen LogP contribution in [-0.2, 0) is 0 Å². The summed E-state index contributed by atoms with van der Waals surface area (Å²) in [6, 6.07) is 4.16. The summed E-state index contributed by atoms with van der Waals surface area (Å²) in [5.74, 6) is 1.03. The molecule has 1 aliphatic rings. The standard InChI is InChI=1S/C19H25N3O/c1-6-11-20-15-8-7-14(4)18(21-12-15)16-9-10-17(13(2)3)22-19(16)23-5/h6,8-10,12-13,20H,1,7,11H2,2-5H3/p+1. The topological polar surface area (TPSA) is 48.1 Å². The summed E-state index contributed by atoms with van der Waals surface area (Å²) in [4.78, 5) is 8.04. The Morgan fingerprint density at radius 3 is 2.87 bits per heavy atom. The zero-order chi connectivity index (χ0) is 16.8. The van der Waals surface area contributed by atoms with E-state index in [0.29, 0.717) is 11.8 Å². The molecule has 0 bridgehead atoms. The Hall–Kier alpha value is -2.36. The summed E-state index contributed by atoms with van der Waals surface area (Å²) in [6.07, 6.45) is 6.86. The fourth-order valence-corrected chi connectivity index (χ4v) is 2.44. The van der Waals surface area contributed by atoms with Crippen molar-refractivity contribution in [2.75, 3.05) is 13.7 Å². The van der Waals surface area contributed by atoms with Gasteiger partial charge >= 0.3 is 0 Å². The predicted octanol–water partition coefficient (Wildman–Crippen LogP) is 2.16. The number of ether oxygens (including phenoxy) is 1. The number of rotatable bonds is 6. The van der Waals surface area contributed by atoms with E-state index in [1.165, 1.54) is 5.57 Å². The Bertz CT molecular complexity index is 669. The van der Waals surface area contributed by atoms with E-state index in [-0.39, 0.29) is 0 Å². The summed E-state index contributed by atoms with van der Waals surface area (Å²) in [6.45, 7) is 10.9. The first-order valence-electron chi connectivity index (χ1n) is 7.96. The third kappa shape index (κ3) is 4.09.